The number of amides is 1. The average Bonchev–Trinajstić information content (AvgIpc) is 3.10. The third-order valence-corrected chi connectivity index (χ3v) is 6.42. The fourth-order valence-corrected chi connectivity index (χ4v) is 4.78. The highest BCUT2D eigenvalue weighted by molar-refractivity contribution is 6.30. The van der Waals surface area contributed by atoms with E-state index >= 15 is 0 Å². The lowest BCUT2D eigenvalue weighted by Crippen LogP contribution is -2.27. The van der Waals surface area contributed by atoms with Gasteiger partial charge in [-0.2, -0.15) is 5.26 Å². The number of Topliss-reactive ketones (excluding diaryl/α,β-unsaturated/α-hetero) is 2. The summed E-state index contributed by atoms with van der Waals surface area (Å²) in [4.78, 5) is 47.1. The van der Waals surface area contributed by atoms with Gasteiger partial charge in [0.15, 0.2) is 11.6 Å². The van der Waals surface area contributed by atoms with E-state index in [1.807, 2.05) is 38.1 Å². The lowest BCUT2D eigenvalue weighted by atomic mass is 9.86. The van der Waals surface area contributed by atoms with Crippen molar-refractivity contribution in [3.05, 3.63) is 81.6 Å². The topological polar surface area (TPSA) is 113 Å². The number of benzene rings is 2. The van der Waals surface area contributed by atoms with E-state index in [4.69, 9.17) is 16.9 Å². The van der Waals surface area contributed by atoms with Crippen LogP contribution in [0, 0.1) is 31.1 Å². The third kappa shape index (κ3) is 5.28. The molecule has 1 heterocycles. The molecule has 1 aliphatic carbocycles. The van der Waals surface area contributed by atoms with E-state index in [2.05, 4.69) is 15.3 Å². The van der Waals surface area contributed by atoms with Gasteiger partial charge in [0.1, 0.15) is 17.8 Å². The molecular weight excluding hydrogens is 464 g/mol. The van der Waals surface area contributed by atoms with Crippen LogP contribution in [-0.2, 0) is 20.9 Å². The van der Waals surface area contributed by atoms with Gasteiger partial charge in [0.05, 0.1) is 5.56 Å². The molecule has 0 radical (unpaired) electrons. The van der Waals surface area contributed by atoms with Crippen molar-refractivity contribution < 1.29 is 14.4 Å². The Labute approximate surface area is 208 Å². The lowest BCUT2D eigenvalue weighted by molar-refractivity contribution is -0.128. The first kappa shape index (κ1) is 24.2. The van der Waals surface area contributed by atoms with Gasteiger partial charge in [0.25, 0.3) is 0 Å². The van der Waals surface area contributed by atoms with Gasteiger partial charge in [0.2, 0.25) is 5.91 Å². The second kappa shape index (κ2) is 10.2. The Balaban J connectivity index is 1.48. The number of nitrogens with zero attached hydrogens (tertiary/aromatic N) is 3. The number of rotatable bonds is 6. The highest BCUT2D eigenvalue weighted by Gasteiger charge is 2.43. The van der Waals surface area contributed by atoms with Gasteiger partial charge in [-0.15, -0.1) is 0 Å². The van der Waals surface area contributed by atoms with Gasteiger partial charge >= 0.3 is 0 Å². The molecule has 1 saturated carbocycles. The van der Waals surface area contributed by atoms with Gasteiger partial charge in [-0.3, -0.25) is 14.4 Å². The van der Waals surface area contributed by atoms with Crippen LogP contribution in [0.15, 0.2) is 48.8 Å². The summed E-state index contributed by atoms with van der Waals surface area (Å²) in [5, 5.41) is 12.3. The van der Waals surface area contributed by atoms with Crippen molar-refractivity contribution in [2.24, 2.45) is 5.92 Å². The van der Waals surface area contributed by atoms with Gasteiger partial charge in [0, 0.05) is 48.3 Å². The molecule has 0 saturated heterocycles. The van der Waals surface area contributed by atoms with E-state index in [1.165, 1.54) is 12.4 Å². The molecule has 2 atom stereocenters. The Bertz CT molecular complexity index is 1340. The van der Waals surface area contributed by atoms with Crippen LogP contribution in [0.2, 0.25) is 5.02 Å². The maximum atomic E-state index is 13.2. The van der Waals surface area contributed by atoms with E-state index in [0.29, 0.717) is 28.5 Å². The highest BCUT2D eigenvalue weighted by Crippen LogP contribution is 2.38. The SMILES string of the molecule is Cc1cc(-c2ncc(C#N)cn2)cc(C)c1C1C(=O)CC(CC(=O)NCc2cccc(Cl)c2)C1=O. The van der Waals surface area contributed by atoms with Gasteiger partial charge in [-0.05, 0) is 60.4 Å². The molecule has 2 aromatic carbocycles. The first-order valence-corrected chi connectivity index (χ1v) is 11.6. The van der Waals surface area contributed by atoms with Crippen LogP contribution in [0.1, 0.15) is 46.6 Å². The number of aryl methyl sites for hydroxylation is 2. The summed E-state index contributed by atoms with van der Waals surface area (Å²) in [6.45, 7) is 4.00. The summed E-state index contributed by atoms with van der Waals surface area (Å²) >= 11 is 5.98. The molecule has 1 fully saturated rings. The third-order valence-electron chi connectivity index (χ3n) is 6.19. The first-order valence-electron chi connectivity index (χ1n) is 11.2. The van der Waals surface area contributed by atoms with Crippen molar-refractivity contribution >= 4 is 29.1 Å². The van der Waals surface area contributed by atoms with Crippen molar-refractivity contribution in [1.82, 2.24) is 15.3 Å². The molecule has 4 rings (SSSR count). The van der Waals surface area contributed by atoms with Crippen molar-refractivity contribution in [2.45, 2.75) is 39.2 Å². The average molecular weight is 487 g/mol. The van der Waals surface area contributed by atoms with Crippen LogP contribution in [-0.4, -0.2) is 27.4 Å². The van der Waals surface area contributed by atoms with Crippen LogP contribution in [0.4, 0.5) is 0 Å². The number of carbonyl (C=O) groups excluding carboxylic acids is 3. The summed E-state index contributed by atoms with van der Waals surface area (Å²) in [6.07, 6.45) is 2.92. The van der Waals surface area contributed by atoms with E-state index in [-0.39, 0.29) is 30.3 Å². The quantitative estimate of drug-likeness (QED) is 0.521. The van der Waals surface area contributed by atoms with Gasteiger partial charge < -0.3 is 5.32 Å². The number of nitrogens with one attached hydrogen (secondary N) is 1. The molecule has 1 aromatic heterocycles. The Kier molecular flexibility index (Phi) is 7.04. The van der Waals surface area contributed by atoms with Crippen molar-refractivity contribution in [3.8, 4) is 17.5 Å². The number of hydrogen-bond acceptors (Lipinski definition) is 6. The molecule has 3 aromatic rings. The van der Waals surface area contributed by atoms with E-state index < -0.39 is 11.8 Å². The predicted octanol–water partition coefficient (Wildman–Crippen LogP) is 4.23. The molecule has 176 valence electrons. The Hall–Kier alpha value is -3.89. The van der Waals surface area contributed by atoms with Crippen molar-refractivity contribution in [3.63, 3.8) is 0 Å². The second-order valence-corrected chi connectivity index (χ2v) is 9.18. The Morgan fingerprint density at radius 2 is 1.83 bits per heavy atom. The molecule has 1 amide bonds. The fraction of sp³-hybridized carbons (Fsp3) is 0.259. The highest BCUT2D eigenvalue weighted by atomic mass is 35.5. The normalized spacial score (nSPS) is 17.3. The smallest absolute Gasteiger partial charge is 0.221 e. The number of nitriles is 1. The maximum Gasteiger partial charge on any atom is 0.221 e. The van der Waals surface area contributed by atoms with Crippen LogP contribution in [0.5, 0.6) is 0 Å². The summed E-state index contributed by atoms with van der Waals surface area (Å²) < 4.78 is 0. The molecule has 7 nitrogen and oxygen atoms in total. The Morgan fingerprint density at radius 3 is 2.46 bits per heavy atom. The molecule has 8 heteroatoms. The lowest BCUT2D eigenvalue weighted by Gasteiger charge is -2.17. The largest absolute Gasteiger partial charge is 0.352 e. The molecule has 0 aliphatic heterocycles. The fourth-order valence-electron chi connectivity index (χ4n) is 4.57. The van der Waals surface area contributed by atoms with Crippen LogP contribution >= 0.6 is 11.6 Å². The van der Waals surface area contributed by atoms with Crippen LogP contribution in [0.25, 0.3) is 11.4 Å². The molecule has 0 spiro atoms. The predicted molar refractivity (Wildman–Crippen MR) is 130 cm³/mol. The van der Waals surface area contributed by atoms with Gasteiger partial charge in [-0.1, -0.05) is 23.7 Å². The number of ketones is 2. The molecule has 0 bridgehead atoms. The summed E-state index contributed by atoms with van der Waals surface area (Å²) in [5.41, 5.74) is 4.21. The van der Waals surface area contributed by atoms with E-state index in [0.717, 1.165) is 22.3 Å². The molecule has 1 N–H and O–H groups in total. The molecule has 1 aliphatic rings. The number of hydrogen-bond donors (Lipinski definition) is 1. The zero-order valence-corrected chi connectivity index (χ0v) is 20.1. The zero-order valence-electron chi connectivity index (χ0n) is 19.3. The monoisotopic (exact) mass is 486 g/mol. The summed E-state index contributed by atoms with van der Waals surface area (Å²) in [5.74, 6) is -1.74. The van der Waals surface area contributed by atoms with Crippen molar-refractivity contribution in [1.29, 1.82) is 5.26 Å². The van der Waals surface area contributed by atoms with Crippen LogP contribution in [0.3, 0.4) is 0 Å². The van der Waals surface area contributed by atoms with Gasteiger partial charge in [-0.25, -0.2) is 9.97 Å². The number of aromatic nitrogens is 2. The summed E-state index contributed by atoms with van der Waals surface area (Å²) in [6, 6.07) is 12.8. The first-order chi connectivity index (χ1) is 16.8. The minimum Gasteiger partial charge on any atom is -0.352 e. The van der Waals surface area contributed by atoms with Crippen LogP contribution < -0.4 is 5.32 Å². The second-order valence-electron chi connectivity index (χ2n) is 8.74. The van der Waals surface area contributed by atoms with E-state index in [1.54, 1.807) is 18.2 Å². The number of halogens is 1. The minimum absolute atomic E-state index is 0.0309. The Morgan fingerprint density at radius 1 is 1.14 bits per heavy atom. The molecular formula is C27H23ClN4O3. The summed E-state index contributed by atoms with van der Waals surface area (Å²) in [7, 11) is 0. The zero-order chi connectivity index (χ0) is 25.1. The standard InChI is InChI=1S/C27H23ClN4O3/c1-15-6-20(27-31-13-18(11-29)14-32-27)7-16(2)24(15)25-22(33)9-19(26(25)35)10-23(34)30-12-17-4-3-5-21(28)8-17/h3-8,13-14,19,25H,9-10,12H2,1-2H3,(H,30,34). The molecule has 35 heavy (non-hydrogen) atoms. The van der Waals surface area contributed by atoms with E-state index in [9.17, 15) is 14.4 Å². The number of carbonyl (C=O) groups is 3. The van der Waals surface area contributed by atoms with Crippen molar-refractivity contribution in [2.75, 3.05) is 0 Å². The molecule has 2 unspecified atom stereocenters. The minimum atomic E-state index is -0.878. The maximum absolute atomic E-state index is 13.2.